The van der Waals surface area contributed by atoms with E-state index in [-0.39, 0.29) is 5.56 Å². The number of hydrogen-bond acceptors (Lipinski definition) is 2. The zero-order chi connectivity index (χ0) is 9.10. The van der Waals surface area contributed by atoms with E-state index >= 15 is 0 Å². The Bertz CT molecular complexity index is 326. The van der Waals surface area contributed by atoms with Gasteiger partial charge in [-0.15, -0.1) is 0 Å². The van der Waals surface area contributed by atoms with Crippen molar-refractivity contribution in [2.45, 2.75) is 19.4 Å². The fourth-order valence-corrected chi connectivity index (χ4v) is 1.79. The average Bonchev–Trinajstić information content (AvgIpc) is 2.57. The van der Waals surface area contributed by atoms with Gasteiger partial charge >= 0.3 is 0 Å². The summed E-state index contributed by atoms with van der Waals surface area (Å²) in [5.74, 6) is 0. The molecule has 3 nitrogen and oxygen atoms in total. The van der Waals surface area contributed by atoms with Gasteiger partial charge in [-0.3, -0.25) is 9.69 Å². The van der Waals surface area contributed by atoms with Crippen molar-refractivity contribution >= 4 is 0 Å². The van der Waals surface area contributed by atoms with Crippen molar-refractivity contribution < 1.29 is 0 Å². The topological polar surface area (TPSA) is 36.1 Å². The minimum Gasteiger partial charge on any atom is -0.329 e. The van der Waals surface area contributed by atoms with Crippen LogP contribution in [0.5, 0.6) is 0 Å². The van der Waals surface area contributed by atoms with Crippen LogP contribution in [0.1, 0.15) is 18.4 Å². The zero-order valence-corrected chi connectivity index (χ0v) is 7.62. The SMILES string of the molecule is O=c1cc(CN2CCCC2)cc[nH]1. The van der Waals surface area contributed by atoms with E-state index in [4.69, 9.17) is 0 Å². The Morgan fingerprint density at radius 3 is 2.85 bits per heavy atom. The monoisotopic (exact) mass is 178 g/mol. The summed E-state index contributed by atoms with van der Waals surface area (Å²) in [5, 5.41) is 0. The first-order valence-corrected chi connectivity index (χ1v) is 4.74. The maximum Gasteiger partial charge on any atom is 0.248 e. The molecule has 0 unspecified atom stereocenters. The van der Waals surface area contributed by atoms with Crippen LogP contribution >= 0.6 is 0 Å². The number of aromatic amines is 1. The smallest absolute Gasteiger partial charge is 0.248 e. The molecule has 2 heterocycles. The Hall–Kier alpha value is -1.09. The molecule has 1 fully saturated rings. The van der Waals surface area contributed by atoms with E-state index in [1.807, 2.05) is 6.07 Å². The third-order valence-electron chi connectivity index (χ3n) is 2.44. The highest BCUT2D eigenvalue weighted by Gasteiger charge is 2.11. The molecular formula is C10H14N2O. The van der Waals surface area contributed by atoms with Gasteiger partial charge in [0, 0.05) is 18.8 Å². The number of nitrogens with one attached hydrogen (secondary N) is 1. The number of rotatable bonds is 2. The zero-order valence-electron chi connectivity index (χ0n) is 7.62. The Balaban J connectivity index is 2.04. The normalized spacial score (nSPS) is 17.8. The molecule has 0 radical (unpaired) electrons. The molecule has 1 aliphatic rings. The average molecular weight is 178 g/mol. The molecule has 3 heteroatoms. The van der Waals surface area contributed by atoms with E-state index in [0.29, 0.717) is 0 Å². The van der Waals surface area contributed by atoms with E-state index < -0.39 is 0 Å². The summed E-state index contributed by atoms with van der Waals surface area (Å²) in [5.41, 5.74) is 1.11. The highest BCUT2D eigenvalue weighted by atomic mass is 16.1. The number of pyridine rings is 1. The van der Waals surface area contributed by atoms with Gasteiger partial charge in [0.25, 0.3) is 0 Å². The third-order valence-corrected chi connectivity index (χ3v) is 2.44. The molecule has 1 saturated heterocycles. The summed E-state index contributed by atoms with van der Waals surface area (Å²) in [6, 6.07) is 3.65. The minimum atomic E-state index is -0.00306. The van der Waals surface area contributed by atoms with Crippen LogP contribution in [0.15, 0.2) is 23.1 Å². The van der Waals surface area contributed by atoms with Crippen molar-refractivity contribution in [2.75, 3.05) is 13.1 Å². The number of aromatic nitrogens is 1. The predicted octanol–water partition coefficient (Wildman–Crippen LogP) is 0.971. The number of nitrogens with zero attached hydrogens (tertiary/aromatic N) is 1. The van der Waals surface area contributed by atoms with Gasteiger partial charge in [0.05, 0.1) is 0 Å². The largest absolute Gasteiger partial charge is 0.329 e. The molecule has 0 bridgehead atoms. The Labute approximate surface area is 77.4 Å². The maximum absolute atomic E-state index is 11.0. The van der Waals surface area contributed by atoms with Crippen molar-refractivity contribution in [3.63, 3.8) is 0 Å². The molecule has 0 amide bonds. The van der Waals surface area contributed by atoms with Crippen LogP contribution in [0.25, 0.3) is 0 Å². The van der Waals surface area contributed by atoms with Gasteiger partial charge in [-0.25, -0.2) is 0 Å². The van der Waals surface area contributed by atoms with Crippen molar-refractivity contribution in [2.24, 2.45) is 0 Å². The lowest BCUT2D eigenvalue weighted by Crippen LogP contribution is -2.19. The molecule has 1 aromatic rings. The van der Waals surface area contributed by atoms with Crippen LogP contribution in [-0.2, 0) is 6.54 Å². The minimum absolute atomic E-state index is 0.00306. The maximum atomic E-state index is 11.0. The van der Waals surface area contributed by atoms with Crippen LogP contribution in [0.3, 0.4) is 0 Å². The van der Waals surface area contributed by atoms with E-state index in [1.165, 1.54) is 25.9 Å². The van der Waals surface area contributed by atoms with Gasteiger partial charge in [0.15, 0.2) is 0 Å². The Morgan fingerprint density at radius 2 is 2.15 bits per heavy atom. The van der Waals surface area contributed by atoms with Gasteiger partial charge in [-0.1, -0.05) is 0 Å². The molecule has 13 heavy (non-hydrogen) atoms. The van der Waals surface area contributed by atoms with E-state index in [2.05, 4.69) is 9.88 Å². The van der Waals surface area contributed by atoms with E-state index in [0.717, 1.165) is 12.1 Å². The molecule has 1 aliphatic heterocycles. The van der Waals surface area contributed by atoms with Crippen LogP contribution in [0.2, 0.25) is 0 Å². The number of likely N-dealkylation sites (tertiary alicyclic amines) is 1. The molecule has 0 aromatic carbocycles. The first-order chi connectivity index (χ1) is 6.34. The first-order valence-electron chi connectivity index (χ1n) is 4.74. The summed E-state index contributed by atoms with van der Waals surface area (Å²) in [7, 11) is 0. The fraction of sp³-hybridized carbons (Fsp3) is 0.500. The van der Waals surface area contributed by atoms with Crippen molar-refractivity contribution in [1.82, 2.24) is 9.88 Å². The molecule has 0 saturated carbocycles. The summed E-state index contributed by atoms with van der Waals surface area (Å²) in [4.78, 5) is 16.0. The molecule has 1 N–H and O–H groups in total. The lowest BCUT2D eigenvalue weighted by atomic mass is 10.2. The van der Waals surface area contributed by atoms with Gasteiger partial charge in [-0.2, -0.15) is 0 Å². The summed E-state index contributed by atoms with van der Waals surface area (Å²) >= 11 is 0. The highest BCUT2D eigenvalue weighted by molar-refractivity contribution is 5.09. The van der Waals surface area contributed by atoms with Crippen molar-refractivity contribution in [3.8, 4) is 0 Å². The van der Waals surface area contributed by atoms with E-state index in [9.17, 15) is 4.79 Å². The van der Waals surface area contributed by atoms with Gasteiger partial charge in [0.2, 0.25) is 5.56 Å². The van der Waals surface area contributed by atoms with Crippen LogP contribution in [0, 0.1) is 0 Å². The lowest BCUT2D eigenvalue weighted by molar-refractivity contribution is 0.331. The fourth-order valence-electron chi connectivity index (χ4n) is 1.79. The lowest BCUT2D eigenvalue weighted by Gasteiger charge is -2.13. The molecule has 1 aromatic heterocycles. The second-order valence-corrected chi connectivity index (χ2v) is 3.54. The summed E-state index contributed by atoms with van der Waals surface area (Å²) in [6.45, 7) is 3.27. The van der Waals surface area contributed by atoms with Crippen LogP contribution in [-0.4, -0.2) is 23.0 Å². The number of H-pyrrole nitrogens is 1. The number of hydrogen-bond donors (Lipinski definition) is 1. The van der Waals surface area contributed by atoms with E-state index in [1.54, 1.807) is 12.3 Å². The van der Waals surface area contributed by atoms with Crippen LogP contribution < -0.4 is 5.56 Å². The molecular weight excluding hydrogens is 164 g/mol. The van der Waals surface area contributed by atoms with Crippen LogP contribution in [0.4, 0.5) is 0 Å². The first kappa shape index (κ1) is 8.51. The quantitative estimate of drug-likeness (QED) is 0.732. The molecule has 70 valence electrons. The summed E-state index contributed by atoms with van der Waals surface area (Å²) in [6.07, 6.45) is 4.31. The van der Waals surface area contributed by atoms with Gasteiger partial charge in [-0.05, 0) is 37.6 Å². The Morgan fingerprint density at radius 1 is 1.38 bits per heavy atom. The predicted molar refractivity (Wildman–Crippen MR) is 51.6 cm³/mol. The second-order valence-electron chi connectivity index (χ2n) is 3.54. The standard InChI is InChI=1S/C10H14N2O/c13-10-7-9(3-4-11-10)8-12-5-1-2-6-12/h3-4,7H,1-2,5-6,8H2,(H,11,13). The Kier molecular flexibility index (Phi) is 2.45. The van der Waals surface area contributed by atoms with Crippen molar-refractivity contribution in [1.29, 1.82) is 0 Å². The molecule has 0 atom stereocenters. The highest BCUT2D eigenvalue weighted by Crippen LogP contribution is 2.10. The molecule has 0 aliphatic carbocycles. The molecule has 2 rings (SSSR count). The van der Waals surface area contributed by atoms with Gasteiger partial charge in [0.1, 0.15) is 0 Å². The summed E-state index contributed by atoms with van der Waals surface area (Å²) < 4.78 is 0. The van der Waals surface area contributed by atoms with Crippen molar-refractivity contribution in [3.05, 3.63) is 34.2 Å². The van der Waals surface area contributed by atoms with Gasteiger partial charge < -0.3 is 4.98 Å². The third kappa shape index (κ3) is 2.18. The molecule has 0 spiro atoms. The second kappa shape index (κ2) is 3.75.